The second-order valence-electron chi connectivity index (χ2n) is 6.61. The lowest BCUT2D eigenvalue weighted by atomic mass is 10.1. The van der Waals surface area contributed by atoms with Gasteiger partial charge >= 0.3 is 0 Å². The van der Waals surface area contributed by atoms with Crippen LogP contribution in [-0.4, -0.2) is 22.7 Å². The summed E-state index contributed by atoms with van der Waals surface area (Å²) < 4.78 is 10.6. The summed E-state index contributed by atoms with van der Waals surface area (Å²) in [5.74, 6) is 1.61. The second-order valence-corrected chi connectivity index (χ2v) is 6.61. The monoisotopic (exact) mass is 376 g/mol. The number of hydrogen-bond acceptors (Lipinski definition) is 6. The number of fused-ring (bicyclic) bond motifs is 1. The van der Waals surface area contributed by atoms with E-state index in [9.17, 15) is 4.79 Å². The molecule has 0 unspecified atom stereocenters. The Kier molecular flexibility index (Phi) is 4.80. The molecule has 0 atom stereocenters. The van der Waals surface area contributed by atoms with Gasteiger partial charge in [-0.1, -0.05) is 23.8 Å². The molecule has 0 saturated carbocycles. The van der Waals surface area contributed by atoms with Crippen LogP contribution in [0, 0.1) is 13.8 Å². The number of hydrogen-bond donors (Lipinski definition) is 2. The second kappa shape index (κ2) is 7.56. The molecule has 1 aliphatic heterocycles. The summed E-state index contributed by atoms with van der Waals surface area (Å²) in [7, 11) is 0. The van der Waals surface area contributed by atoms with E-state index < -0.39 is 0 Å². The molecule has 1 amide bonds. The number of carbonyl (C=O) groups excluding carboxylic acids is 1. The van der Waals surface area contributed by atoms with Gasteiger partial charge in [0.2, 0.25) is 12.7 Å². The highest BCUT2D eigenvalue weighted by molar-refractivity contribution is 5.93. The average Bonchev–Trinajstić information content (AvgIpc) is 3.17. The summed E-state index contributed by atoms with van der Waals surface area (Å²) in [6.07, 6.45) is 3.02. The third-order valence-electron chi connectivity index (χ3n) is 4.43. The molecule has 0 aliphatic carbocycles. The van der Waals surface area contributed by atoms with Crippen molar-refractivity contribution >= 4 is 17.5 Å². The van der Waals surface area contributed by atoms with Gasteiger partial charge in [-0.15, -0.1) is 0 Å². The van der Waals surface area contributed by atoms with Gasteiger partial charge in [-0.25, -0.2) is 9.97 Å². The Morgan fingerprint density at radius 2 is 1.82 bits per heavy atom. The minimum atomic E-state index is -0.240. The third-order valence-corrected chi connectivity index (χ3v) is 4.43. The number of rotatable bonds is 5. The van der Waals surface area contributed by atoms with Crippen molar-refractivity contribution in [3.05, 3.63) is 71.0 Å². The van der Waals surface area contributed by atoms with Gasteiger partial charge in [0.15, 0.2) is 11.5 Å². The molecule has 0 saturated heterocycles. The van der Waals surface area contributed by atoms with Crippen molar-refractivity contribution in [2.45, 2.75) is 20.4 Å². The number of anilines is 2. The molecule has 7 heteroatoms. The predicted octanol–water partition coefficient (Wildman–Crippen LogP) is 3.50. The fourth-order valence-corrected chi connectivity index (χ4v) is 2.92. The molecule has 4 rings (SSSR count). The van der Waals surface area contributed by atoms with E-state index in [0.29, 0.717) is 23.8 Å². The average molecular weight is 376 g/mol. The maximum Gasteiger partial charge on any atom is 0.254 e. The van der Waals surface area contributed by atoms with Gasteiger partial charge in [-0.2, -0.15) is 0 Å². The number of nitrogens with zero attached hydrogens (tertiary/aromatic N) is 2. The summed E-state index contributed by atoms with van der Waals surface area (Å²) in [5, 5.41) is 6.02. The minimum absolute atomic E-state index is 0.227. The topological polar surface area (TPSA) is 85.4 Å². The molecule has 2 heterocycles. The van der Waals surface area contributed by atoms with Crippen molar-refractivity contribution in [3.63, 3.8) is 0 Å². The van der Waals surface area contributed by atoms with Crippen LogP contribution in [-0.2, 0) is 6.54 Å². The summed E-state index contributed by atoms with van der Waals surface area (Å²) >= 11 is 0. The van der Waals surface area contributed by atoms with Gasteiger partial charge in [-0.05, 0) is 43.2 Å². The molecule has 2 aromatic carbocycles. The first-order valence-electron chi connectivity index (χ1n) is 8.91. The Morgan fingerprint density at radius 1 is 1.04 bits per heavy atom. The zero-order valence-corrected chi connectivity index (χ0v) is 15.7. The SMILES string of the molecule is Cc1ccc(Nc2ncc(C(=O)NCc3ccc4c(c3)OCO4)cn2)c(C)c1. The lowest BCUT2D eigenvalue weighted by Crippen LogP contribution is -2.23. The first-order valence-corrected chi connectivity index (χ1v) is 8.91. The molecule has 1 aromatic heterocycles. The van der Waals surface area contributed by atoms with E-state index in [2.05, 4.69) is 26.7 Å². The molecule has 7 nitrogen and oxygen atoms in total. The van der Waals surface area contributed by atoms with Gasteiger partial charge in [0.25, 0.3) is 5.91 Å². The standard InChI is InChI=1S/C21H20N4O3/c1-13-3-5-17(14(2)7-13)25-21-23-10-16(11-24-21)20(26)22-9-15-4-6-18-19(8-15)28-12-27-18/h3-8,10-11H,9,12H2,1-2H3,(H,22,26)(H,23,24,25). The highest BCUT2D eigenvalue weighted by Crippen LogP contribution is 2.32. The minimum Gasteiger partial charge on any atom is -0.454 e. The van der Waals surface area contributed by atoms with Gasteiger partial charge in [-0.3, -0.25) is 4.79 Å². The zero-order valence-electron chi connectivity index (χ0n) is 15.7. The smallest absolute Gasteiger partial charge is 0.254 e. The molecule has 3 aromatic rings. The molecule has 142 valence electrons. The fraction of sp³-hybridized carbons (Fsp3) is 0.190. The molecule has 1 aliphatic rings. The van der Waals surface area contributed by atoms with Crippen molar-refractivity contribution in [3.8, 4) is 11.5 Å². The van der Waals surface area contributed by atoms with Crippen molar-refractivity contribution in [2.24, 2.45) is 0 Å². The number of amides is 1. The number of benzene rings is 2. The van der Waals surface area contributed by atoms with Crippen molar-refractivity contribution in [1.29, 1.82) is 0 Å². The third kappa shape index (κ3) is 3.88. The number of nitrogens with one attached hydrogen (secondary N) is 2. The van der Waals surface area contributed by atoms with Gasteiger partial charge in [0.05, 0.1) is 5.56 Å². The van der Waals surface area contributed by atoms with Crippen LogP contribution < -0.4 is 20.1 Å². The first-order chi connectivity index (χ1) is 13.6. The Bertz CT molecular complexity index is 1020. The molecule has 0 bridgehead atoms. The van der Waals surface area contributed by atoms with Crippen LogP contribution in [0.4, 0.5) is 11.6 Å². The Hall–Kier alpha value is -3.61. The van der Waals surface area contributed by atoms with E-state index in [-0.39, 0.29) is 12.7 Å². The normalized spacial score (nSPS) is 11.9. The van der Waals surface area contributed by atoms with E-state index >= 15 is 0 Å². The lowest BCUT2D eigenvalue weighted by Gasteiger charge is -2.09. The van der Waals surface area contributed by atoms with E-state index in [0.717, 1.165) is 22.6 Å². The van der Waals surface area contributed by atoms with Crippen LogP contribution >= 0.6 is 0 Å². The van der Waals surface area contributed by atoms with Crippen molar-refractivity contribution in [2.75, 3.05) is 12.1 Å². The summed E-state index contributed by atoms with van der Waals surface area (Å²) in [6.45, 7) is 4.67. The van der Waals surface area contributed by atoms with Crippen molar-refractivity contribution in [1.82, 2.24) is 15.3 Å². The highest BCUT2D eigenvalue weighted by Gasteiger charge is 2.14. The largest absolute Gasteiger partial charge is 0.454 e. The molecule has 28 heavy (non-hydrogen) atoms. The van der Waals surface area contributed by atoms with E-state index in [1.54, 1.807) is 0 Å². The van der Waals surface area contributed by atoms with Crippen LogP contribution in [0.15, 0.2) is 48.8 Å². The number of carbonyl (C=O) groups is 1. The highest BCUT2D eigenvalue weighted by atomic mass is 16.7. The predicted molar refractivity (Wildman–Crippen MR) is 105 cm³/mol. The summed E-state index contributed by atoms with van der Waals surface area (Å²) in [6, 6.07) is 11.7. The fourth-order valence-electron chi connectivity index (χ4n) is 2.92. The van der Waals surface area contributed by atoms with Crippen LogP contribution in [0.2, 0.25) is 0 Å². The summed E-state index contributed by atoms with van der Waals surface area (Å²) in [5.41, 5.74) is 4.55. The molecule has 0 fully saturated rings. The Labute approximate surface area is 162 Å². The number of aryl methyl sites for hydroxylation is 2. The lowest BCUT2D eigenvalue weighted by molar-refractivity contribution is 0.0950. The molecule has 0 radical (unpaired) electrons. The molecule has 0 spiro atoms. The number of ether oxygens (including phenoxy) is 2. The Morgan fingerprint density at radius 3 is 2.61 bits per heavy atom. The van der Waals surface area contributed by atoms with E-state index in [1.807, 2.05) is 44.2 Å². The van der Waals surface area contributed by atoms with Gasteiger partial charge < -0.3 is 20.1 Å². The number of aromatic nitrogens is 2. The van der Waals surface area contributed by atoms with E-state index in [1.165, 1.54) is 18.0 Å². The zero-order chi connectivity index (χ0) is 19.5. The molecule has 2 N–H and O–H groups in total. The van der Waals surface area contributed by atoms with Gasteiger partial charge in [0, 0.05) is 24.6 Å². The first kappa shape index (κ1) is 17.8. The van der Waals surface area contributed by atoms with Crippen LogP contribution in [0.1, 0.15) is 27.0 Å². The maximum absolute atomic E-state index is 12.3. The van der Waals surface area contributed by atoms with Gasteiger partial charge in [0.1, 0.15) is 0 Å². The quantitative estimate of drug-likeness (QED) is 0.709. The maximum atomic E-state index is 12.3. The van der Waals surface area contributed by atoms with E-state index in [4.69, 9.17) is 9.47 Å². The molecular weight excluding hydrogens is 356 g/mol. The van der Waals surface area contributed by atoms with Crippen LogP contribution in [0.25, 0.3) is 0 Å². The Balaban J connectivity index is 1.37. The van der Waals surface area contributed by atoms with Crippen molar-refractivity contribution < 1.29 is 14.3 Å². The summed E-state index contributed by atoms with van der Waals surface area (Å²) in [4.78, 5) is 20.8. The van der Waals surface area contributed by atoms with Crippen LogP contribution in [0.3, 0.4) is 0 Å². The molecular formula is C21H20N4O3. The van der Waals surface area contributed by atoms with Crippen LogP contribution in [0.5, 0.6) is 11.5 Å².